The van der Waals surface area contributed by atoms with E-state index < -0.39 is 0 Å². The summed E-state index contributed by atoms with van der Waals surface area (Å²) in [7, 11) is 0. The van der Waals surface area contributed by atoms with Gasteiger partial charge in [0.15, 0.2) is 0 Å². The highest BCUT2D eigenvalue weighted by Gasteiger charge is 2.29. The summed E-state index contributed by atoms with van der Waals surface area (Å²) in [6, 6.07) is 0.308. The molecule has 1 fully saturated rings. The highest BCUT2D eigenvalue weighted by Crippen LogP contribution is 2.26. The second kappa shape index (κ2) is 8.28. The molecule has 2 aliphatic rings. The monoisotopic (exact) mass is 372 g/mol. The van der Waals surface area contributed by atoms with Gasteiger partial charge in [-0.1, -0.05) is 27.7 Å². The average Bonchev–Trinajstić information content (AvgIpc) is 3.18. The molecule has 2 aliphatic heterocycles. The number of nitrogens with zero attached hydrogens (tertiary/aromatic N) is 3. The summed E-state index contributed by atoms with van der Waals surface area (Å²) in [6.07, 6.45) is 9.03. The van der Waals surface area contributed by atoms with Gasteiger partial charge in [0.1, 0.15) is 23.0 Å². The molecule has 0 radical (unpaired) electrons. The van der Waals surface area contributed by atoms with Crippen molar-refractivity contribution in [3.8, 4) is 0 Å². The van der Waals surface area contributed by atoms with Crippen molar-refractivity contribution in [1.29, 1.82) is 0 Å². The minimum absolute atomic E-state index is 0.0332. The Hall–Kier alpha value is -2.11. The third-order valence-electron chi connectivity index (χ3n) is 5.26. The van der Waals surface area contributed by atoms with E-state index in [2.05, 4.69) is 44.1 Å². The van der Waals surface area contributed by atoms with E-state index in [-0.39, 0.29) is 11.3 Å². The van der Waals surface area contributed by atoms with Gasteiger partial charge in [-0.15, -0.1) is 0 Å². The fourth-order valence-corrected chi connectivity index (χ4v) is 3.64. The number of carbonyl (C=O) groups is 1. The fourth-order valence-electron chi connectivity index (χ4n) is 3.64. The van der Waals surface area contributed by atoms with Crippen LogP contribution in [0.5, 0.6) is 0 Å². The lowest BCUT2D eigenvalue weighted by atomic mass is 9.95. The molecule has 0 aromatic carbocycles. The summed E-state index contributed by atoms with van der Waals surface area (Å²) in [5, 5.41) is 3.33. The van der Waals surface area contributed by atoms with Crippen LogP contribution < -0.4 is 5.32 Å². The lowest BCUT2D eigenvalue weighted by Gasteiger charge is -2.35. The summed E-state index contributed by atoms with van der Waals surface area (Å²) in [6.45, 7) is 10.5. The first-order valence-electron chi connectivity index (χ1n) is 10.1. The van der Waals surface area contributed by atoms with Crippen molar-refractivity contribution in [2.45, 2.75) is 71.3 Å². The van der Waals surface area contributed by atoms with Gasteiger partial charge in [0, 0.05) is 30.6 Å². The van der Waals surface area contributed by atoms with Crippen molar-refractivity contribution in [3.05, 3.63) is 29.4 Å². The van der Waals surface area contributed by atoms with E-state index >= 15 is 0 Å². The Morgan fingerprint density at radius 3 is 2.85 bits per heavy atom. The Morgan fingerprint density at radius 2 is 2.19 bits per heavy atom. The molecule has 0 aliphatic carbocycles. The van der Waals surface area contributed by atoms with E-state index in [4.69, 9.17) is 9.72 Å². The molecule has 27 heavy (non-hydrogen) atoms. The fraction of sp³-hybridized carbons (Fsp3) is 0.667. The highest BCUT2D eigenvalue weighted by atomic mass is 16.5. The van der Waals surface area contributed by atoms with Crippen LogP contribution >= 0.6 is 0 Å². The van der Waals surface area contributed by atoms with Crippen LogP contribution in [0.3, 0.4) is 0 Å². The smallest absolute Gasteiger partial charge is 0.259 e. The number of likely N-dealkylation sites (tertiary alicyclic amines) is 1. The minimum Gasteiger partial charge on any atom is -0.496 e. The zero-order chi connectivity index (χ0) is 19.4. The molecule has 0 saturated carbocycles. The molecule has 3 heterocycles. The van der Waals surface area contributed by atoms with Gasteiger partial charge in [0.2, 0.25) is 0 Å². The van der Waals surface area contributed by atoms with E-state index in [1.54, 1.807) is 6.20 Å². The molecule has 1 amide bonds. The molecule has 1 aromatic rings. The number of piperidine rings is 1. The lowest BCUT2D eigenvalue weighted by Crippen LogP contribution is -2.43. The van der Waals surface area contributed by atoms with Crippen LogP contribution in [-0.2, 0) is 10.2 Å². The van der Waals surface area contributed by atoms with Crippen LogP contribution in [0, 0.1) is 0 Å². The van der Waals surface area contributed by atoms with Gasteiger partial charge < -0.3 is 15.0 Å². The molecule has 1 N–H and O–H groups in total. The summed E-state index contributed by atoms with van der Waals surface area (Å²) >= 11 is 0. The quantitative estimate of drug-likeness (QED) is 0.849. The summed E-state index contributed by atoms with van der Waals surface area (Å²) in [5.74, 6) is 2.28. The molecular formula is C21H32N4O2. The molecule has 0 bridgehead atoms. The van der Waals surface area contributed by atoms with Crippen LogP contribution in [0.1, 0.15) is 76.0 Å². The highest BCUT2D eigenvalue weighted by molar-refractivity contribution is 5.98. The third-order valence-corrected chi connectivity index (χ3v) is 5.26. The van der Waals surface area contributed by atoms with Crippen LogP contribution in [0.2, 0.25) is 0 Å². The average molecular weight is 373 g/mol. The Labute approximate surface area is 162 Å². The Balaban J connectivity index is 1.88. The first-order valence-corrected chi connectivity index (χ1v) is 10.1. The van der Waals surface area contributed by atoms with E-state index in [0.717, 1.165) is 50.4 Å². The summed E-state index contributed by atoms with van der Waals surface area (Å²) < 4.78 is 5.58. The molecule has 148 valence electrons. The predicted molar refractivity (Wildman–Crippen MR) is 107 cm³/mol. The van der Waals surface area contributed by atoms with Gasteiger partial charge in [-0.2, -0.15) is 0 Å². The van der Waals surface area contributed by atoms with E-state index in [1.807, 2.05) is 4.90 Å². The Bertz CT molecular complexity index is 709. The Kier molecular flexibility index (Phi) is 6.02. The second-order valence-corrected chi connectivity index (χ2v) is 8.42. The van der Waals surface area contributed by atoms with Gasteiger partial charge in [0.25, 0.3) is 5.91 Å². The second-order valence-electron chi connectivity index (χ2n) is 8.42. The zero-order valence-electron chi connectivity index (χ0n) is 17.0. The van der Waals surface area contributed by atoms with Gasteiger partial charge in [-0.3, -0.25) is 4.79 Å². The summed E-state index contributed by atoms with van der Waals surface area (Å²) in [4.78, 5) is 24.5. The van der Waals surface area contributed by atoms with Crippen molar-refractivity contribution in [2.75, 3.05) is 25.0 Å². The van der Waals surface area contributed by atoms with Gasteiger partial charge >= 0.3 is 0 Å². The first kappa shape index (κ1) is 19.6. The van der Waals surface area contributed by atoms with E-state index in [0.29, 0.717) is 24.0 Å². The molecule has 6 heteroatoms. The van der Waals surface area contributed by atoms with Crippen molar-refractivity contribution >= 4 is 11.7 Å². The maximum atomic E-state index is 13.3. The normalized spacial score (nSPS) is 20.2. The van der Waals surface area contributed by atoms with Gasteiger partial charge in [0.05, 0.1) is 13.2 Å². The van der Waals surface area contributed by atoms with Gasteiger partial charge in [-0.25, -0.2) is 9.97 Å². The molecule has 1 atom stereocenters. The molecule has 6 nitrogen and oxygen atoms in total. The number of carbonyl (C=O) groups excluding carboxylic acids is 1. The van der Waals surface area contributed by atoms with E-state index in [9.17, 15) is 4.79 Å². The van der Waals surface area contributed by atoms with Crippen molar-refractivity contribution in [1.82, 2.24) is 14.9 Å². The maximum absolute atomic E-state index is 13.3. The van der Waals surface area contributed by atoms with Crippen LogP contribution in [0.4, 0.5) is 5.82 Å². The number of nitrogens with one attached hydrogen (secondary N) is 1. The largest absolute Gasteiger partial charge is 0.496 e. The van der Waals surface area contributed by atoms with E-state index in [1.165, 1.54) is 6.42 Å². The van der Waals surface area contributed by atoms with Gasteiger partial charge in [-0.05, 0) is 31.8 Å². The van der Waals surface area contributed by atoms with Crippen LogP contribution in [0.15, 0.2) is 18.0 Å². The van der Waals surface area contributed by atoms with Crippen molar-refractivity contribution < 1.29 is 9.53 Å². The maximum Gasteiger partial charge on any atom is 0.259 e. The zero-order valence-corrected chi connectivity index (χ0v) is 17.0. The molecule has 3 rings (SSSR count). The first-order chi connectivity index (χ1) is 12.9. The topological polar surface area (TPSA) is 67.4 Å². The number of aromatic nitrogens is 2. The van der Waals surface area contributed by atoms with Crippen LogP contribution in [0.25, 0.3) is 0 Å². The van der Waals surface area contributed by atoms with Crippen molar-refractivity contribution in [3.63, 3.8) is 0 Å². The molecule has 0 spiro atoms. The number of rotatable bonds is 5. The predicted octanol–water partition coefficient (Wildman–Crippen LogP) is 3.89. The SMILES string of the molecule is CCC1CCCCN1C(=O)c1cnc(C(C)(C)C)nc1NCC1=CCCO1. The molecule has 1 saturated heterocycles. The molecule has 1 aromatic heterocycles. The molecule has 1 unspecified atom stereocenters. The van der Waals surface area contributed by atoms with Crippen molar-refractivity contribution in [2.24, 2.45) is 0 Å². The lowest BCUT2D eigenvalue weighted by molar-refractivity contribution is 0.0608. The number of anilines is 1. The number of amides is 1. The number of ether oxygens (including phenoxy) is 1. The number of hydrogen-bond donors (Lipinski definition) is 1. The standard InChI is InChI=1S/C21H32N4O2/c1-5-15-9-6-7-11-25(15)19(26)17-14-23-20(21(2,3)4)24-18(17)22-13-16-10-8-12-27-16/h10,14-15H,5-9,11-13H2,1-4H3,(H,22,23,24). The third kappa shape index (κ3) is 4.60. The number of hydrogen-bond acceptors (Lipinski definition) is 5. The molecular weight excluding hydrogens is 340 g/mol. The van der Waals surface area contributed by atoms with Crippen LogP contribution in [-0.4, -0.2) is 46.5 Å². The minimum atomic E-state index is -0.182. The Morgan fingerprint density at radius 1 is 1.37 bits per heavy atom. The summed E-state index contributed by atoms with van der Waals surface area (Å²) in [5.41, 5.74) is 0.375.